The third-order valence-corrected chi connectivity index (χ3v) is 5.52. The zero-order chi connectivity index (χ0) is 20.5. The van der Waals surface area contributed by atoms with Gasteiger partial charge in [-0.05, 0) is 11.6 Å². The maximum Gasteiger partial charge on any atom is 0.266 e. The molecule has 3 rings (SSSR count). The molecule has 152 valence electrons. The van der Waals surface area contributed by atoms with Crippen molar-refractivity contribution in [1.82, 2.24) is 9.97 Å². The number of aromatic nitrogens is 2. The number of halogens is 3. The number of nitrogen functional groups attached to an aromatic ring is 1. The van der Waals surface area contributed by atoms with E-state index in [4.69, 9.17) is 17.3 Å². The maximum atomic E-state index is 13.7. The molecule has 0 spiro atoms. The average Bonchev–Trinajstić information content (AvgIpc) is 2.94. The lowest BCUT2D eigenvalue weighted by molar-refractivity contribution is 0.0257. The molecule has 1 aromatic heterocycles. The van der Waals surface area contributed by atoms with Crippen molar-refractivity contribution in [2.24, 2.45) is 0 Å². The largest absolute Gasteiger partial charge is 0.393 e. The number of hydrogen-bond acceptors (Lipinski definition) is 6. The number of alkyl halides is 2. The van der Waals surface area contributed by atoms with E-state index < -0.39 is 12.5 Å². The normalized spacial score (nSPS) is 16.4. The Morgan fingerprint density at radius 1 is 1.29 bits per heavy atom. The van der Waals surface area contributed by atoms with Gasteiger partial charge in [0.2, 0.25) is 0 Å². The molecule has 9 heteroatoms. The first-order valence-corrected chi connectivity index (χ1v) is 10.2. The summed E-state index contributed by atoms with van der Waals surface area (Å²) in [7, 11) is 0. The molecule has 2 heterocycles. The minimum absolute atomic E-state index is 0.137. The van der Waals surface area contributed by atoms with E-state index in [0.29, 0.717) is 28.4 Å². The van der Waals surface area contributed by atoms with E-state index in [0.717, 1.165) is 5.56 Å². The summed E-state index contributed by atoms with van der Waals surface area (Å²) in [6, 6.07) is 7.46. The summed E-state index contributed by atoms with van der Waals surface area (Å²) in [6.45, 7) is 6.35. The van der Waals surface area contributed by atoms with Gasteiger partial charge in [-0.15, -0.1) is 0 Å². The molecule has 0 bridgehead atoms. The molecular weight excluding hydrogens is 404 g/mol. The van der Waals surface area contributed by atoms with E-state index in [1.165, 1.54) is 16.7 Å². The highest BCUT2D eigenvalue weighted by Gasteiger charge is 2.40. The lowest BCUT2D eigenvalue weighted by atomic mass is 10.2. The predicted octanol–water partition coefficient (Wildman–Crippen LogP) is 5.06. The van der Waals surface area contributed by atoms with Gasteiger partial charge in [-0.25, -0.2) is 18.7 Å². The smallest absolute Gasteiger partial charge is 0.266 e. The summed E-state index contributed by atoms with van der Waals surface area (Å²) < 4.78 is 27.3. The van der Waals surface area contributed by atoms with E-state index >= 15 is 0 Å². The van der Waals surface area contributed by atoms with E-state index in [1.807, 2.05) is 39.0 Å². The van der Waals surface area contributed by atoms with E-state index in [-0.39, 0.29) is 23.4 Å². The van der Waals surface area contributed by atoms with Crippen molar-refractivity contribution in [2.45, 2.75) is 49.6 Å². The van der Waals surface area contributed by atoms with Gasteiger partial charge in [-0.3, -0.25) is 0 Å². The number of hydrogen-bond donors (Lipinski definition) is 2. The molecule has 3 N–H and O–H groups in total. The van der Waals surface area contributed by atoms with Gasteiger partial charge >= 0.3 is 0 Å². The van der Waals surface area contributed by atoms with E-state index in [2.05, 4.69) is 15.3 Å². The molecule has 0 amide bonds. The van der Waals surface area contributed by atoms with E-state index in [9.17, 15) is 8.78 Å². The van der Waals surface area contributed by atoms with Crippen molar-refractivity contribution in [1.29, 1.82) is 0 Å². The summed E-state index contributed by atoms with van der Waals surface area (Å²) in [5.74, 6) is -1.97. The monoisotopic (exact) mass is 427 g/mol. The average molecular weight is 428 g/mol. The van der Waals surface area contributed by atoms with Gasteiger partial charge in [0, 0.05) is 29.3 Å². The number of nitrogens with two attached hydrogens (primary N) is 1. The topological polar surface area (TPSA) is 67.1 Å². The van der Waals surface area contributed by atoms with Crippen molar-refractivity contribution < 1.29 is 8.78 Å². The zero-order valence-corrected chi connectivity index (χ0v) is 17.7. The Kier molecular flexibility index (Phi) is 5.91. The maximum absolute atomic E-state index is 13.7. The lowest BCUT2D eigenvalue weighted by Crippen LogP contribution is -2.27. The van der Waals surface area contributed by atoms with Gasteiger partial charge in [-0.2, -0.15) is 0 Å². The van der Waals surface area contributed by atoms with Crippen LogP contribution in [-0.2, 0) is 6.54 Å². The van der Waals surface area contributed by atoms with Crippen molar-refractivity contribution in [3.05, 3.63) is 34.9 Å². The fourth-order valence-electron chi connectivity index (χ4n) is 2.87. The molecule has 1 aliphatic heterocycles. The standard InChI is InChI=1S/C19H24ClF2N5S/c1-18(2,3)28-17-25-15(24-10-12-6-4-5-7-13(12)20)14(23)16(26-17)27-9-8-19(21,22)11-27/h4-7H,8-11,23H2,1-3H3,(H,24,25,26). The SMILES string of the molecule is CC(C)(C)Sc1nc(NCc2ccccc2Cl)c(N)c(N2CCC(F)(F)C2)n1. The second kappa shape index (κ2) is 7.91. The summed E-state index contributed by atoms with van der Waals surface area (Å²) in [5.41, 5.74) is 7.43. The van der Waals surface area contributed by atoms with Crippen LogP contribution in [0.2, 0.25) is 5.02 Å². The van der Waals surface area contributed by atoms with Gasteiger partial charge in [0.1, 0.15) is 5.69 Å². The fraction of sp³-hybridized carbons (Fsp3) is 0.474. The molecule has 0 atom stereocenters. The number of nitrogens with zero attached hydrogens (tertiary/aromatic N) is 3. The molecular formula is C19H24ClF2N5S. The number of nitrogens with one attached hydrogen (secondary N) is 1. The Balaban J connectivity index is 1.92. The van der Waals surface area contributed by atoms with Gasteiger partial charge in [-0.1, -0.05) is 62.3 Å². The van der Waals surface area contributed by atoms with Crippen LogP contribution in [0.25, 0.3) is 0 Å². The number of rotatable bonds is 5. The van der Waals surface area contributed by atoms with Crippen LogP contribution in [-0.4, -0.2) is 33.7 Å². The highest BCUT2D eigenvalue weighted by atomic mass is 35.5. The fourth-order valence-corrected chi connectivity index (χ4v) is 3.89. The zero-order valence-electron chi connectivity index (χ0n) is 16.1. The quantitative estimate of drug-likeness (QED) is 0.513. The van der Waals surface area contributed by atoms with Gasteiger partial charge in [0.25, 0.3) is 5.92 Å². The third kappa shape index (κ3) is 5.17. The summed E-state index contributed by atoms with van der Waals surface area (Å²) >= 11 is 7.68. The Morgan fingerprint density at radius 2 is 2.00 bits per heavy atom. The van der Waals surface area contributed by atoms with Crippen LogP contribution in [0, 0.1) is 0 Å². The highest BCUT2D eigenvalue weighted by Crippen LogP contribution is 2.38. The van der Waals surface area contributed by atoms with Gasteiger partial charge in [0.05, 0.1) is 6.54 Å². The molecule has 0 aliphatic carbocycles. The molecule has 1 fully saturated rings. The number of anilines is 3. The molecule has 0 unspecified atom stereocenters. The molecule has 1 aliphatic rings. The van der Waals surface area contributed by atoms with Crippen molar-refractivity contribution in [3.8, 4) is 0 Å². The first-order valence-electron chi connectivity index (χ1n) is 9.01. The molecule has 2 aromatic rings. The molecule has 5 nitrogen and oxygen atoms in total. The van der Waals surface area contributed by atoms with Gasteiger partial charge in [0.15, 0.2) is 16.8 Å². The van der Waals surface area contributed by atoms with E-state index in [1.54, 1.807) is 6.07 Å². The van der Waals surface area contributed by atoms with Crippen molar-refractivity contribution in [2.75, 3.05) is 29.0 Å². The summed E-state index contributed by atoms with van der Waals surface area (Å²) in [5, 5.41) is 4.32. The molecule has 1 saturated heterocycles. The van der Waals surface area contributed by atoms with Crippen LogP contribution in [0.5, 0.6) is 0 Å². The number of thioether (sulfide) groups is 1. The number of benzene rings is 1. The minimum Gasteiger partial charge on any atom is -0.393 e. The van der Waals surface area contributed by atoms with Crippen LogP contribution in [0.1, 0.15) is 32.8 Å². The predicted molar refractivity (Wildman–Crippen MR) is 113 cm³/mol. The Morgan fingerprint density at radius 3 is 2.61 bits per heavy atom. The lowest BCUT2D eigenvalue weighted by Gasteiger charge is -2.23. The third-order valence-electron chi connectivity index (χ3n) is 4.18. The second-order valence-electron chi connectivity index (χ2n) is 7.78. The molecule has 0 radical (unpaired) electrons. The minimum atomic E-state index is -2.74. The molecule has 28 heavy (non-hydrogen) atoms. The Hall–Kier alpha value is -1.80. The Bertz CT molecular complexity index is 857. The van der Waals surface area contributed by atoms with Crippen LogP contribution in [0.4, 0.5) is 26.1 Å². The van der Waals surface area contributed by atoms with Gasteiger partial charge < -0.3 is 16.0 Å². The van der Waals surface area contributed by atoms with Crippen LogP contribution >= 0.6 is 23.4 Å². The second-order valence-corrected chi connectivity index (χ2v) is 9.98. The first kappa shape index (κ1) is 20.9. The van der Waals surface area contributed by atoms with Crippen LogP contribution < -0.4 is 16.0 Å². The summed E-state index contributed by atoms with van der Waals surface area (Å²) in [4.78, 5) is 10.6. The van der Waals surface area contributed by atoms with Crippen molar-refractivity contribution in [3.63, 3.8) is 0 Å². The van der Waals surface area contributed by atoms with Crippen LogP contribution in [0.3, 0.4) is 0 Å². The van der Waals surface area contributed by atoms with Crippen molar-refractivity contribution >= 4 is 40.7 Å². The molecule has 1 aromatic carbocycles. The first-order chi connectivity index (χ1) is 13.0. The molecule has 0 saturated carbocycles. The highest BCUT2D eigenvalue weighted by molar-refractivity contribution is 8.00. The Labute approximate surface area is 173 Å². The van der Waals surface area contributed by atoms with Crippen LogP contribution in [0.15, 0.2) is 29.4 Å². The summed E-state index contributed by atoms with van der Waals surface area (Å²) in [6.07, 6.45) is -0.208.